The number of hydrogen-bond acceptors (Lipinski definition) is 3. The summed E-state index contributed by atoms with van der Waals surface area (Å²) in [5.41, 5.74) is 1.89. The Bertz CT molecular complexity index is 518. The highest BCUT2D eigenvalue weighted by atomic mass is 32.1. The summed E-state index contributed by atoms with van der Waals surface area (Å²) >= 11 is 1.74. The molecule has 2 rings (SSSR count). The molecule has 0 saturated carbocycles. The third kappa shape index (κ3) is 4.10. The molecule has 0 spiro atoms. The first-order valence-corrected chi connectivity index (χ1v) is 7.20. The zero-order valence-electron chi connectivity index (χ0n) is 11.1. The molecular weight excluding hydrogens is 256 g/mol. The van der Waals surface area contributed by atoms with Gasteiger partial charge < -0.3 is 10.6 Å². The van der Waals surface area contributed by atoms with Crippen molar-refractivity contribution in [3.63, 3.8) is 0 Å². The van der Waals surface area contributed by atoms with Gasteiger partial charge in [-0.2, -0.15) is 0 Å². The van der Waals surface area contributed by atoms with Crippen molar-refractivity contribution >= 4 is 28.6 Å². The molecule has 0 fully saturated rings. The van der Waals surface area contributed by atoms with Crippen molar-refractivity contribution in [2.45, 2.75) is 20.4 Å². The molecular formula is C15H18N2OS. The Hall–Kier alpha value is -1.81. The Morgan fingerprint density at radius 1 is 1.16 bits per heavy atom. The Morgan fingerprint density at radius 2 is 1.84 bits per heavy atom. The number of carbonyl (C=O) groups excluding carboxylic acids is 1. The van der Waals surface area contributed by atoms with Gasteiger partial charge in [-0.05, 0) is 35.7 Å². The lowest BCUT2D eigenvalue weighted by molar-refractivity contribution is -0.118. The number of thiophene rings is 1. The highest BCUT2D eigenvalue weighted by Gasteiger charge is 2.06. The van der Waals surface area contributed by atoms with E-state index in [-0.39, 0.29) is 11.8 Å². The number of anilines is 2. The molecule has 1 aromatic heterocycles. The van der Waals surface area contributed by atoms with Crippen molar-refractivity contribution in [2.24, 2.45) is 5.92 Å². The Morgan fingerprint density at radius 3 is 2.42 bits per heavy atom. The van der Waals surface area contributed by atoms with Gasteiger partial charge in [0.1, 0.15) is 0 Å². The minimum atomic E-state index is -0.00312. The monoisotopic (exact) mass is 274 g/mol. The maximum Gasteiger partial charge on any atom is 0.226 e. The van der Waals surface area contributed by atoms with Crippen LogP contribution in [-0.2, 0) is 11.3 Å². The van der Waals surface area contributed by atoms with Gasteiger partial charge in [-0.3, -0.25) is 4.79 Å². The summed E-state index contributed by atoms with van der Waals surface area (Å²) in [6.45, 7) is 4.59. The Balaban J connectivity index is 1.89. The molecule has 0 aliphatic carbocycles. The first-order valence-electron chi connectivity index (χ1n) is 6.32. The van der Waals surface area contributed by atoms with Crippen molar-refractivity contribution in [3.8, 4) is 0 Å². The van der Waals surface area contributed by atoms with E-state index in [1.54, 1.807) is 11.3 Å². The van der Waals surface area contributed by atoms with Gasteiger partial charge in [0.25, 0.3) is 0 Å². The van der Waals surface area contributed by atoms with E-state index in [0.29, 0.717) is 0 Å². The number of nitrogens with one attached hydrogen (secondary N) is 2. The van der Waals surface area contributed by atoms with Crippen LogP contribution < -0.4 is 10.6 Å². The number of amides is 1. The summed E-state index contributed by atoms with van der Waals surface area (Å²) in [7, 11) is 0. The lowest BCUT2D eigenvalue weighted by Gasteiger charge is -2.09. The number of carbonyl (C=O) groups is 1. The van der Waals surface area contributed by atoms with Gasteiger partial charge in [-0.15, -0.1) is 11.3 Å². The van der Waals surface area contributed by atoms with Crippen LogP contribution >= 0.6 is 11.3 Å². The number of hydrogen-bond donors (Lipinski definition) is 2. The summed E-state index contributed by atoms with van der Waals surface area (Å²) in [6.07, 6.45) is 0. The Labute approximate surface area is 117 Å². The third-order valence-corrected chi connectivity index (χ3v) is 3.60. The molecule has 0 radical (unpaired) electrons. The fourth-order valence-corrected chi connectivity index (χ4v) is 2.20. The molecule has 100 valence electrons. The molecule has 0 aliphatic rings. The summed E-state index contributed by atoms with van der Waals surface area (Å²) < 4.78 is 0. The van der Waals surface area contributed by atoms with E-state index in [1.807, 2.05) is 44.2 Å². The number of rotatable bonds is 5. The summed E-state index contributed by atoms with van der Waals surface area (Å²) in [5.74, 6) is 0.0379. The van der Waals surface area contributed by atoms with E-state index in [1.165, 1.54) is 4.88 Å². The van der Waals surface area contributed by atoms with E-state index in [9.17, 15) is 4.79 Å². The van der Waals surface area contributed by atoms with E-state index in [4.69, 9.17) is 0 Å². The lowest BCUT2D eigenvalue weighted by atomic mass is 10.2. The molecule has 0 atom stereocenters. The molecule has 0 bridgehead atoms. The molecule has 1 amide bonds. The zero-order chi connectivity index (χ0) is 13.7. The maximum absolute atomic E-state index is 11.6. The van der Waals surface area contributed by atoms with E-state index in [0.717, 1.165) is 17.9 Å². The molecule has 2 N–H and O–H groups in total. The second kappa shape index (κ2) is 6.38. The average molecular weight is 274 g/mol. The molecule has 3 nitrogen and oxygen atoms in total. The van der Waals surface area contributed by atoms with Crippen molar-refractivity contribution in [3.05, 3.63) is 46.7 Å². The minimum Gasteiger partial charge on any atom is -0.380 e. The second-order valence-corrected chi connectivity index (χ2v) is 5.69. The first-order chi connectivity index (χ1) is 9.15. The molecule has 0 aliphatic heterocycles. The van der Waals surface area contributed by atoms with E-state index in [2.05, 4.69) is 22.1 Å². The predicted octanol–water partition coefficient (Wildman–Crippen LogP) is 3.95. The number of benzene rings is 1. The Kier molecular flexibility index (Phi) is 4.58. The van der Waals surface area contributed by atoms with Gasteiger partial charge in [0.15, 0.2) is 0 Å². The predicted molar refractivity (Wildman–Crippen MR) is 81.6 cm³/mol. The zero-order valence-corrected chi connectivity index (χ0v) is 12.0. The molecule has 0 saturated heterocycles. The van der Waals surface area contributed by atoms with E-state index < -0.39 is 0 Å². The fraction of sp³-hybridized carbons (Fsp3) is 0.267. The minimum absolute atomic E-state index is 0.00312. The standard InChI is InChI=1S/C15H18N2OS/c1-11(2)15(18)17-13-7-5-12(6-8-13)16-10-14-4-3-9-19-14/h3-9,11,16H,10H2,1-2H3,(H,17,18). The normalized spacial score (nSPS) is 10.5. The van der Waals surface area contributed by atoms with Crippen LogP contribution in [0.15, 0.2) is 41.8 Å². The van der Waals surface area contributed by atoms with E-state index >= 15 is 0 Å². The van der Waals surface area contributed by atoms with Crippen molar-refractivity contribution in [1.29, 1.82) is 0 Å². The van der Waals surface area contributed by atoms with Crippen LogP contribution in [0, 0.1) is 5.92 Å². The van der Waals surface area contributed by atoms with Gasteiger partial charge in [0.2, 0.25) is 5.91 Å². The van der Waals surface area contributed by atoms with Crippen molar-refractivity contribution in [2.75, 3.05) is 10.6 Å². The summed E-state index contributed by atoms with van der Waals surface area (Å²) in [4.78, 5) is 12.9. The smallest absolute Gasteiger partial charge is 0.226 e. The highest BCUT2D eigenvalue weighted by Crippen LogP contribution is 2.16. The van der Waals surface area contributed by atoms with Gasteiger partial charge in [-0.25, -0.2) is 0 Å². The van der Waals surface area contributed by atoms with Crippen LogP contribution in [0.4, 0.5) is 11.4 Å². The molecule has 4 heteroatoms. The topological polar surface area (TPSA) is 41.1 Å². The summed E-state index contributed by atoms with van der Waals surface area (Å²) in [6, 6.07) is 11.9. The summed E-state index contributed by atoms with van der Waals surface area (Å²) in [5, 5.41) is 8.29. The van der Waals surface area contributed by atoms with Crippen LogP contribution in [0.2, 0.25) is 0 Å². The van der Waals surface area contributed by atoms with Gasteiger partial charge in [0.05, 0.1) is 0 Å². The van der Waals surface area contributed by atoms with Crippen molar-refractivity contribution < 1.29 is 4.79 Å². The fourth-order valence-electron chi connectivity index (χ4n) is 1.56. The van der Waals surface area contributed by atoms with Gasteiger partial charge >= 0.3 is 0 Å². The molecule has 19 heavy (non-hydrogen) atoms. The van der Waals surface area contributed by atoms with Crippen LogP contribution in [0.1, 0.15) is 18.7 Å². The third-order valence-electron chi connectivity index (χ3n) is 2.72. The molecule has 0 unspecified atom stereocenters. The second-order valence-electron chi connectivity index (χ2n) is 4.65. The van der Waals surface area contributed by atoms with Crippen LogP contribution in [0.3, 0.4) is 0 Å². The van der Waals surface area contributed by atoms with Crippen LogP contribution in [0.5, 0.6) is 0 Å². The van der Waals surface area contributed by atoms with Crippen LogP contribution in [-0.4, -0.2) is 5.91 Å². The molecule has 2 aromatic rings. The maximum atomic E-state index is 11.6. The molecule has 1 aromatic carbocycles. The van der Waals surface area contributed by atoms with Gasteiger partial charge in [0, 0.05) is 28.7 Å². The SMILES string of the molecule is CC(C)C(=O)Nc1ccc(NCc2cccs2)cc1. The quantitative estimate of drug-likeness (QED) is 0.866. The lowest BCUT2D eigenvalue weighted by Crippen LogP contribution is -2.17. The van der Waals surface area contributed by atoms with Gasteiger partial charge in [-0.1, -0.05) is 19.9 Å². The first kappa shape index (κ1) is 13.6. The largest absolute Gasteiger partial charge is 0.380 e. The average Bonchev–Trinajstić information content (AvgIpc) is 2.91. The van der Waals surface area contributed by atoms with Crippen molar-refractivity contribution in [1.82, 2.24) is 0 Å². The molecule has 1 heterocycles. The van der Waals surface area contributed by atoms with Crippen LogP contribution in [0.25, 0.3) is 0 Å². The highest BCUT2D eigenvalue weighted by molar-refractivity contribution is 7.09.